The zero-order chi connectivity index (χ0) is 17.4. The number of rotatable bonds is 6. The lowest BCUT2D eigenvalue weighted by molar-refractivity contribution is -0.129. The molecule has 0 aliphatic carbocycles. The van der Waals surface area contributed by atoms with E-state index in [0.29, 0.717) is 10.6 Å². The van der Waals surface area contributed by atoms with Crippen LogP contribution in [0, 0.1) is 0 Å². The third kappa shape index (κ3) is 6.01. The molecule has 0 unspecified atom stereocenters. The Balaban J connectivity index is 1.64. The lowest BCUT2D eigenvalue weighted by Gasteiger charge is -2.09. The highest BCUT2D eigenvalue weighted by Crippen LogP contribution is 2.17. The highest BCUT2D eigenvalue weighted by Gasteiger charge is 2.09. The van der Waals surface area contributed by atoms with Gasteiger partial charge in [-0.3, -0.25) is 25.2 Å². The number of amides is 3. The standard InChI is InChI=1S/C15H14BrN3O4S/c16-10-3-1-4-11(7-10)23-9-14(21)19-18-13(20)8-17-15(22)12-5-2-6-24-12/h1-7H,8-9H2,(H,17,22)(H,18,20)(H,19,21). The van der Waals surface area contributed by atoms with Crippen LogP contribution in [0.15, 0.2) is 46.3 Å². The molecule has 0 radical (unpaired) electrons. The van der Waals surface area contributed by atoms with Crippen LogP contribution in [0.25, 0.3) is 0 Å². The highest BCUT2D eigenvalue weighted by atomic mass is 79.9. The number of hydrazine groups is 1. The van der Waals surface area contributed by atoms with Gasteiger partial charge >= 0.3 is 0 Å². The van der Waals surface area contributed by atoms with Gasteiger partial charge in [-0.2, -0.15) is 0 Å². The number of ether oxygens (including phenoxy) is 1. The predicted octanol–water partition coefficient (Wildman–Crippen LogP) is 1.47. The normalized spacial score (nSPS) is 9.88. The molecule has 0 aliphatic rings. The second-order valence-electron chi connectivity index (χ2n) is 4.50. The van der Waals surface area contributed by atoms with Crippen molar-refractivity contribution in [3.05, 3.63) is 51.1 Å². The van der Waals surface area contributed by atoms with E-state index in [2.05, 4.69) is 32.1 Å². The van der Waals surface area contributed by atoms with E-state index in [0.717, 1.165) is 4.47 Å². The summed E-state index contributed by atoms with van der Waals surface area (Å²) in [5, 5.41) is 4.21. The Bertz CT molecular complexity index is 721. The molecular weight excluding hydrogens is 398 g/mol. The second kappa shape index (κ2) is 9.04. The Kier molecular flexibility index (Phi) is 6.76. The quantitative estimate of drug-likeness (QED) is 0.626. The summed E-state index contributed by atoms with van der Waals surface area (Å²) in [7, 11) is 0. The van der Waals surface area contributed by atoms with Gasteiger partial charge in [-0.25, -0.2) is 0 Å². The van der Waals surface area contributed by atoms with E-state index in [1.807, 2.05) is 6.07 Å². The average Bonchev–Trinajstić information content (AvgIpc) is 3.10. The Morgan fingerprint density at radius 3 is 2.58 bits per heavy atom. The first-order valence-electron chi connectivity index (χ1n) is 6.82. The minimum atomic E-state index is -0.546. The van der Waals surface area contributed by atoms with E-state index < -0.39 is 11.8 Å². The molecule has 0 bridgehead atoms. The van der Waals surface area contributed by atoms with Crippen LogP contribution < -0.4 is 20.9 Å². The van der Waals surface area contributed by atoms with Crippen molar-refractivity contribution in [2.24, 2.45) is 0 Å². The van der Waals surface area contributed by atoms with E-state index in [4.69, 9.17) is 4.74 Å². The predicted molar refractivity (Wildman–Crippen MR) is 92.6 cm³/mol. The van der Waals surface area contributed by atoms with E-state index >= 15 is 0 Å². The first kappa shape index (κ1) is 18.0. The molecule has 0 aliphatic heterocycles. The van der Waals surface area contributed by atoms with Crippen LogP contribution in [0.5, 0.6) is 5.75 Å². The molecule has 1 aromatic heterocycles. The molecule has 1 heterocycles. The van der Waals surface area contributed by atoms with Crippen molar-refractivity contribution >= 4 is 45.0 Å². The molecule has 7 nitrogen and oxygen atoms in total. The average molecular weight is 412 g/mol. The van der Waals surface area contributed by atoms with Gasteiger partial charge in [0.1, 0.15) is 5.75 Å². The summed E-state index contributed by atoms with van der Waals surface area (Å²) in [5.74, 6) is -0.887. The monoisotopic (exact) mass is 411 g/mol. The molecule has 3 N–H and O–H groups in total. The van der Waals surface area contributed by atoms with Crippen molar-refractivity contribution < 1.29 is 19.1 Å². The largest absolute Gasteiger partial charge is 0.484 e. The Morgan fingerprint density at radius 1 is 1.08 bits per heavy atom. The van der Waals surface area contributed by atoms with Crippen molar-refractivity contribution in [2.75, 3.05) is 13.2 Å². The molecule has 0 spiro atoms. The summed E-state index contributed by atoms with van der Waals surface area (Å²) >= 11 is 4.56. The highest BCUT2D eigenvalue weighted by molar-refractivity contribution is 9.10. The third-order valence-electron chi connectivity index (χ3n) is 2.66. The lowest BCUT2D eigenvalue weighted by Crippen LogP contribution is -2.47. The van der Waals surface area contributed by atoms with E-state index in [1.165, 1.54) is 11.3 Å². The second-order valence-corrected chi connectivity index (χ2v) is 6.37. The van der Waals surface area contributed by atoms with Gasteiger partial charge in [0.05, 0.1) is 11.4 Å². The minimum Gasteiger partial charge on any atom is -0.484 e. The Labute approximate surface area is 150 Å². The molecule has 2 aromatic rings. The smallest absolute Gasteiger partial charge is 0.276 e. The molecule has 0 saturated carbocycles. The number of nitrogens with one attached hydrogen (secondary N) is 3. The van der Waals surface area contributed by atoms with Crippen molar-refractivity contribution in [1.29, 1.82) is 0 Å². The van der Waals surface area contributed by atoms with Gasteiger partial charge in [0.25, 0.3) is 17.7 Å². The zero-order valence-electron chi connectivity index (χ0n) is 12.4. The van der Waals surface area contributed by atoms with Gasteiger partial charge in [0.2, 0.25) is 0 Å². The molecule has 0 atom stereocenters. The maximum absolute atomic E-state index is 11.6. The van der Waals surface area contributed by atoms with Crippen LogP contribution in [0.2, 0.25) is 0 Å². The fraction of sp³-hybridized carbons (Fsp3) is 0.133. The maximum atomic E-state index is 11.6. The number of carbonyl (C=O) groups excluding carboxylic acids is 3. The van der Waals surface area contributed by atoms with Crippen LogP contribution in [-0.4, -0.2) is 30.9 Å². The van der Waals surface area contributed by atoms with Crippen molar-refractivity contribution in [2.45, 2.75) is 0 Å². The number of thiophene rings is 1. The van der Waals surface area contributed by atoms with Gasteiger partial charge in [0, 0.05) is 4.47 Å². The SMILES string of the molecule is O=C(CNC(=O)c1cccs1)NNC(=O)COc1cccc(Br)c1. The van der Waals surface area contributed by atoms with Gasteiger partial charge in [-0.1, -0.05) is 28.1 Å². The van der Waals surface area contributed by atoms with Gasteiger partial charge in [0.15, 0.2) is 6.61 Å². The molecule has 2 rings (SSSR count). The van der Waals surface area contributed by atoms with Crippen LogP contribution in [0.4, 0.5) is 0 Å². The molecule has 3 amide bonds. The summed E-state index contributed by atoms with van der Waals surface area (Å²) in [4.78, 5) is 35.3. The van der Waals surface area contributed by atoms with E-state index in [9.17, 15) is 14.4 Å². The van der Waals surface area contributed by atoms with Crippen molar-refractivity contribution in [3.63, 3.8) is 0 Å². The first-order chi connectivity index (χ1) is 11.5. The minimum absolute atomic E-state index is 0.247. The summed E-state index contributed by atoms with van der Waals surface area (Å²) in [5.41, 5.74) is 4.39. The molecule has 0 fully saturated rings. The summed E-state index contributed by atoms with van der Waals surface area (Å²) in [6.07, 6.45) is 0. The molecule has 24 heavy (non-hydrogen) atoms. The maximum Gasteiger partial charge on any atom is 0.276 e. The summed E-state index contributed by atoms with van der Waals surface area (Å²) in [6.45, 7) is -0.498. The molecule has 126 valence electrons. The van der Waals surface area contributed by atoms with Gasteiger partial charge in [-0.15, -0.1) is 11.3 Å². The van der Waals surface area contributed by atoms with Crippen molar-refractivity contribution in [3.8, 4) is 5.75 Å². The summed E-state index contributed by atoms with van der Waals surface area (Å²) < 4.78 is 6.10. The topological polar surface area (TPSA) is 96.5 Å². The third-order valence-corrected chi connectivity index (χ3v) is 4.02. The molecule has 9 heteroatoms. The molecule has 0 saturated heterocycles. The zero-order valence-corrected chi connectivity index (χ0v) is 14.8. The number of benzene rings is 1. The first-order valence-corrected chi connectivity index (χ1v) is 8.49. The van der Waals surface area contributed by atoms with Crippen molar-refractivity contribution in [1.82, 2.24) is 16.2 Å². The number of hydrogen-bond acceptors (Lipinski definition) is 5. The van der Waals surface area contributed by atoms with E-state index in [-0.39, 0.29) is 19.1 Å². The lowest BCUT2D eigenvalue weighted by atomic mass is 10.3. The Morgan fingerprint density at radius 2 is 1.88 bits per heavy atom. The van der Waals surface area contributed by atoms with E-state index in [1.54, 1.807) is 35.7 Å². The number of carbonyl (C=O) groups is 3. The van der Waals surface area contributed by atoms with Gasteiger partial charge in [-0.05, 0) is 29.6 Å². The van der Waals surface area contributed by atoms with Crippen LogP contribution in [0.3, 0.4) is 0 Å². The number of hydrogen-bond donors (Lipinski definition) is 3. The Hall–Kier alpha value is -2.39. The molecule has 1 aromatic carbocycles. The van der Waals surface area contributed by atoms with Crippen LogP contribution >= 0.6 is 27.3 Å². The summed E-state index contributed by atoms with van der Waals surface area (Å²) in [6, 6.07) is 10.4. The molecular formula is C15H14BrN3O4S. The fourth-order valence-electron chi connectivity index (χ4n) is 1.58. The number of halogens is 1. The van der Waals surface area contributed by atoms with Crippen LogP contribution in [0.1, 0.15) is 9.67 Å². The van der Waals surface area contributed by atoms with Gasteiger partial charge < -0.3 is 10.1 Å². The van der Waals surface area contributed by atoms with Crippen LogP contribution in [-0.2, 0) is 9.59 Å². The fourth-order valence-corrected chi connectivity index (χ4v) is 2.60.